The van der Waals surface area contributed by atoms with Crippen molar-refractivity contribution in [3.63, 3.8) is 0 Å². The normalized spacial score (nSPS) is 22.6. The van der Waals surface area contributed by atoms with Crippen LogP contribution < -0.4 is 4.90 Å². The van der Waals surface area contributed by atoms with Crippen molar-refractivity contribution >= 4 is 23.4 Å². The van der Waals surface area contributed by atoms with Crippen LogP contribution in [0.4, 0.5) is 10.5 Å². The average Bonchev–Trinajstić information content (AvgIpc) is 2.38. The quantitative estimate of drug-likeness (QED) is 0.777. The summed E-state index contributed by atoms with van der Waals surface area (Å²) in [7, 11) is 0. The number of carbonyl (C=O) groups is 1. The predicted molar refractivity (Wildman–Crippen MR) is 90.7 cm³/mol. The van der Waals surface area contributed by atoms with Gasteiger partial charge in [0.1, 0.15) is 5.60 Å². The van der Waals surface area contributed by atoms with Crippen LogP contribution >= 0.6 is 11.6 Å². The first-order valence-corrected chi connectivity index (χ1v) is 8.07. The van der Waals surface area contributed by atoms with E-state index in [0.29, 0.717) is 13.1 Å². The van der Waals surface area contributed by atoms with Gasteiger partial charge in [-0.1, -0.05) is 11.6 Å². The maximum Gasteiger partial charge on any atom is 0.410 e. The Morgan fingerprint density at radius 2 is 1.64 bits per heavy atom. The van der Waals surface area contributed by atoms with Gasteiger partial charge in [0.25, 0.3) is 0 Å². The van der Waals surface area contributed by atoms with Gasteiger partial charge in [0.05, 0.1) is 0 Å². The maximum absolute atomic E-state index is 12.3. The Kier molecular flexibility index (Phi) is 4.90. The first-order valence-electron chi connectivity index (χ1n) is 7.69. The highest BCUT2D eigenvalue weighted by molar-refractivity contribution is 6.30. The summed E-state index contributed by atoms with van der Waals surface area (Å²) in [5.41, 5.74) is 0.671. The van der Waals surface area contributed by atoms with Gasteiger partial charge in [-0.25, -0.2) is 4.79 Å². The molecule has 2 atom stereocenters. The lowest BCUT2D eigenvalue weighted by atomic mass is 10.1. The van der Waals surface area contributed by atoms with Crippen LogP contribution in [0.2, 0.25) is 5.02 Å². The second-order valence-electron chi connectivity index (χ2n) is 6.97. The van der Waals surface area contributed by atoms with Crippen LogP contribution in [0.15, 0.2) is 24.3 Å². The molecule has 0 N–H and O–H groups in total. The smallest absolute Gasteiger partial charge is 0.410 e. The third-order valence-corrected chi connectivity index (χ3v) is 3.95. The average molecular weight is 325 g/mol. The van der Waals surface area contributed by atoms with Gasteiger partial charge in [0.15, 0.2) is 0 Å². The maximum atomic E-state index is 12.3. The molecule has 2 rings (SSSR count). The van der Waals surface area contributed by atoms with Crippen molar-refractivity contribution in [1.82, 2.24) is 4.90 Å². The molecule has 122 valence electrons. The Balaban J connectivity index is 2.09. The third kappa shape index (κ3) is 4.07. The van der Waals surface area contributed by atoms with Crippen molar-refractivity contribution in [3.05, 3.63) is 29.3 Å². The van der Waals surface area contributed by atoms with Crippen molar-refractivity contribution in [3.8, 4) is 0 Å². The molecule has 22 heavy (non-hydrogen) atoms. The van der Waals surface area contributed by atoms with E-state index in [0.717, 1.165) is 10.7 Å². The first-order chi connectivity index (χ1) is 10.2. The molecule has 0 spiro atoms. The molecule has 1 aromatic carbocycles. The number of rotatable bonds is 1. The molecule has 1 amide bonds. The highest BCUT2D eigenvalue weighted by Gasteiger charge is 2.33. The SMILES string of the molecule is C[C@@H]1CN(C(=O)OC(C)(C)C)C[C@H](C)N1c1ccc(Cl)cc1. The molecule has 1 aliphatic heterocycles. The number of carbonyl (C=O) groups excluding carboxylic acids is 1. The first kappa shape index (κ1) is 16.9. The van der Waals surface area contributed by atoms with E-state index in [4.69, 9.17) is 16.3 Å². The second kappa shape index (κ2) is 6.37. The summed E-state index contributed by atoms with van der Waals surface area (Å²) < 4.78 is 5.48. The minimum absolute atomic E-state index is 0.220. The molecule has 1 saturated heterocycles. The van der Waals surface area contributed by atoms with Gasteiger partial charge in [0, 0.05) is 35.9 Å². The van der Waals surface area contributed by atoms with E-state index < -0.39 is 5.60 Å². The number of halogens is 1. The molecule has 5 heteroatoms. The van der Waals surface area contributed by atoms with Crippen LogP contribution in [0.5, 0.6) is 0 Å². The molecule has 0 aromatic heterocycles. The topological polar surface area (TPSA) is 32.8 Å². The number of ether oxygens (including phenoxy) is 1. The molecule has 0 aliphatic carbocycles. The van der Waals surface area contributed by atoms with Gasteiger partial charge in [0.2, 0.25) is 0 Å². The van der Waals surface area contributed by atoms with Gasteiger partial charge in [-0.3, -0.25) is 0 Å². The minimum Gasteiger partial charge on any atom is -0.444 e. The van der Waals surface area contributed by atoms with Crippen LogP contribution in [0.1, 0.15) is 34.6 Å². The third-order valence-electron chi connectivity index (χ3n) is 3.70. The van der Waals surface area contributed by atoms with E-state index >= 15 is 0 Å². The van der Waals surface area contributed by atoms with Gasteiger partial charge in [-0.05, 0) is 58.9 Å². The van der Waals surface area contributed by atoms with E-state index in [2.05, 4.69) is 18.7 Å². The van der Waals surface area contributed by atoms with E-state index in [1.165, 1.54) is 0 Å². The highest BCUT2D eigenvalue weighted by Crippen LogP contribution is 2.26. The second-order valence-corrected chi connectivity index (χ2v) is 7.40. The Labute approximate surface area is 138 Å². The summed E-state index contributed by atoms with van der Waals surface area (Å²) in [5, 5.41) is 0.733. The molecule has 1 aliphatic rings. The lowest BCUT2D eigenvalue weighted by Gasteiger charge is -2.45. The van der Waals surface area contributed by atoms with Gasteiger partial charge >= 0.3 is 6.09 Å². The molecular weight excluding hydrogens is 300 g/mol. The molecular formula is C17H25ClN2O2. The summed E-state index contributed by atoms with van der Waals surface area (Å²) in [6.45, 7) is 11.2. The van der Waals surface area contributed by atoms with Gasteiger partial charge in [-0.2, -0.15) is 0 Å². The Bertz CT molecular complexity index is 512. The summed E-state index contributed by atoms with van der Waals surface area (Å²) in [6.07, 6.45) is -0.234. The fraction of sp³-hybridized carbons (Fsp3) is 0.588. The highest BCUT2D eigenvalue weighted by atomic mass is 35.5. The van der Waals surface area contributed by atoms with Gasteiger partial charge in [-0.15, -0.1) is 0 Å². The summed E-state index contributed by atoms with van der Waals surface area (Å²) in [5.74, 6) is 0. The molecule has 1 heterocycles. The molecule has 4 nitrogen and oxygen atoms in total. The Morgan fingerprint density at radius 3 is 2.09 bits per heavy atom. The summed E-state index contributed by atoms with van der Waals surface area (Å²) in [6, 6.07) is 8.29. The largest absolute Gasteiger partial charge is 0.444 e. The number of anilines is 1. The van der Waals surface area contributed by atoms with E-state index in [1.807, 2.05) is 45.0 Å². The summed E-state index contributed by atoms with van der Waals surface area (Å²) in [4.78, 5) is 16.4. The molecule has 0 saturated carbocycles. The van der Waals surface area contributed by atoms with E-state index in [1.54, 1.807) is 4.90 Å². The zero-order valence-electron chi connectivity index (χ0n) is 14.0. The number of benzene rings is 1. The van der Waals surface area contributed by atoms with Gasteiger partial charge < -0.3 is 14.5 Å². The summed E-state index contributed by atoms with van der Waals surface area (Å²) >= 11 is 5.96. The zero-order chi connectivity index (χ0) is 16.5. The standard InChI is InChI=1S/C17H25ClN2O2/c1-12-10-19(16(21)22-17(3,4)5)11-13(2)20(12)15-8-6-14(18)7-9-15/h6-9,12-13H,10-11H2,1-5H3/t12-,13+. The Hall–Kier alpha value is -1.42. The molecule has 0 radical (unpaired) electrons. The fourth-order valence-corrected chi connectivity index (χ4v) is 3.05. The van der Waals surface area contributed by atoms with Crippen molar-refractivity contribution in [2.75, 3.05) is 18.0 Å². The van der Waals surface area contributed by atoms with E-state index in [9.17, 15) is 4.79 Å². The number of hydrogen-bond acceptors (Lipinski definition) is 3. The van der Waals surface area contributed by atoms with Crippen molar-refractivity contribution in [1.29, 1.82) is 0 Å². The number of amides is 1. The van der Waals surface area contributed by atoms with Crippen LogP contribution in [-0.4, -0.2) is 41.8 Å². The van der Waals surface area contributed by atoms with Crippen molar-refractivity contribution in [2.24, 2.45) is 0 Å². The van der Waals surface area contributed by atoms with Crippen molar-refractivity contribution in [2.45, 2.75) is 52.3 Å². The lowest BCUT2D eigenvalue weighted by molar-refractivity contribution is 0.0193. The molecule has 0 unspecified atom stereocenters. The number of hydrogen-bond donors (Lipinski definition) is 0. The minimum atomic E-state index is -0.461. The number of piperazine rings is 1. The van der Waals surface area contributed by atoms with Crippen LogP contribution in [-0.2, 0) is 4.74 Å². The monoisotopic (exact) mass is 324 g/mol. The van der Waals surface area contributed by atoms with E-state index in [-0.39, 0.29) is 18.2 Å². The van der Waals surface area contributed by atoms with Crippen molar-refractivity contribution < 1.29 is 9.53 Å². The Morgan fingerprint density at radius 1 is 1.14 bits per heavy atom. The fourth-order valence-electron chi connectivity index (χ4n) is 2.92. The zero-order valence-corrected chi connectivity index (χ0v) is 14.7. The molecule has 0 bridgehead atoms. The van der Waals surface area contributed by atoms with Crippen LogP contribution in [0.3, 0.4) is 0 Å². The van der Waals surface area contributed by atoms with Crippen LogP contribution in [0, 0.1) is 0 Å². The molecule has 1 fully saturated rings. The van der Waals surface area contributed by atoms with Crippen LogP contribution in [0.25, 0.3) is 0 Å². The predicted octanol–water partition coefficient (Wildman–Crippen LogP) is 4.17. The lowest BCUT2D eigenvalue weighted by Crippen LogP contribution is -2.58. The molecule has 1 aromatic rings. The number of nitrogens with zero attached hydrogens (tertiary/aromatic N) is 2.